The van der Waals surface area contributed by atoms with E-state index < -0.39 is 15.9 Å². The first-order chi connectivity index (χ1) is 12.9. The number of carbonyl (C=O) groups is 1. The molecule has 0 saturated heterocycles. The van der Waals surface area contributed by atoms with Gasteiger partial charge < -0.3 is 9.64 Å². The third kappa shape index (κ3) is 4.77. The van der Waals surface area contributed by atoms with Crippen LogP contribution < -0.4 is 9.64 Å². The summed E-state index contributed by atoms with van der Waals surface area (Å²) in [6.45, 7) is 4.43. The van der Waals surface area contributed by atoms with Gasteiger partial charge in [0.15, 0.2) is 9.84 Å². The molecule has 0 radical (unpaired) electrons. The van der Waals surface area contributed by atoms with Gasteiger partial charge in [-0.25, -0.2) is 8.42 Å². The fourth-order valence-corrected chi connectivity index (χ4v) is 4.46. The van der Waals surface area contributed by atoms with Crippen molar-refractivity contribution in [3.8, 4) is 5.75 Å². The maximum absolute atomic E-state index is 13.1. The first-order valence-corrected chi connectivity index (χ1v) is 10.6. The zero-order valence-corrected chi connectivity index (χ0v) is 16.3. The van der Waals surface area contributed by atoms with E-state index in [0.29, 0.717) is 18.0 Å². The molecule has 0 saturated carbocycles. The fraction of sp³-hybridized carbons (Fsp3) is 0.286. The lowest BCUT2D eigenvalue weighted by Crippen LogP contribution is -2.42. The quantitative estimate of drug-likeness (QED) is 0.766. The SMILES string of the molecule is CCOc1ccc(N(C(=O)Cc2cccc(C)c2)[C@@H]2C=CS(=O)(=O)C2)cc1. The van der Waals surface area contributed by atoms with Gasteiger partial charge in [0.2, 0.25) is 5.91 Å². The molecular weight excluding hydrogens is 362 g/mol. The first kappa shape index (κ1) is 19.2. The van der Waals surface area contributed by atoms with E-state index in [-0.39, 0.29) is 18.1 Å². The Bertz CT molecular complexity index is 948. The number of benzene rings is 2. The van der Waals surface area contributed by atoms with Crippen LogP contribution in [0.25, 0.3) is 0 Å². The van der Waals surface area contributed by atoms with Gasteiger partial charge in [-0.05, 0) is 49.8 Å². The summed E-state index contributed by atoms with van der Waals surface area (Å²) in [6, 6.07) is 14.4. The highest BCUT2D eigenvalue weighted by molar-refractivity contribution is 7.94. The number of hydrogen-bond acceptors (Lipinski definition) is 4. The summed E-state index contributed by atoms with van der Waals surface area (Å²) in [6.07, 6.45) is 1.79. The molecule has 1 amide bonds. The van der Waals surface area contributed by atoms with Crippen molar-refractivity contribution in [3.05, 3.63) is 71.1 Å². The molecule has 142 valence electrons. The van der Waals surface area contributed by atoms with E-state index in [4.69, 9.17) is 4.74 Å². The topological polar surface area (TPSA) is 63.7 Å². The van der Waals surface area contributed by atoms with Crippen LogP contribution in [0.3, 0.4) is 0 Å². The highest BCUT2D eigenvalue weighted by atomic mass is 32.2. The van der Waals surface area contributed by atoms with Crippen molar-refractivity contribution in [3.63, 3.8) is 0 Å². The summed E-state index contributed by atoms with van der Waals surface area (Å²) >= 11 is 0. The highest BCUT2D eigenvalue weighted by Crippen LogP contribution is 2.26. The molecule has 0 spiro atoms. The summed E-state index contributed by atoms with van der Waals surface area (Å²) in [5.41, 5.74) is 2.64. The second-order valence-corrected chi connectivity index (χ2v) is 8.51. The number of hydrogen-bond donors (Lipinski definition) is 0. The minimum absolute atomic E-state index is 0.0975. The van der Waals surface area contributed by atoms with Gasteiger partial charge in [0.25, 0.3) is 0 Å². The van der Waals surface area contributed by atoms with Gasteiger partial charge in [0, 0.05) is 11.1 Å². The lowest BCUT2D eigenvalue weighted by atomic mass is 10.1. The van der Waals surface area contributed by atoms with E-state index in [1.807, 2.05) is 38.1 Å². The molecule has 1 heterocycles. The Kier molecular flexibility index (Phi) is 5.65. The van der Waals surface area contributed by atoms with Crippen molar-refractivity contribution >= 4 is 21.4 Å². The summed E-state index contributed by atoms with van der Waals surface area (Å²) in [5, 5.41) is 1.19. The Morgan fingerprint density at radius 1 is 1.19 bits per heavy atom. The summed E-state index contributed by atoms with van der Waals surface area (Å²) < 4.78 is 29.2. The van der Waals surface area contributed by atoms with Gasteiger partial charge in [-0.15, -0.1) is 0 Å². The molecule has 5 nitrogen and oxygen atoms in total. The molecule has 0 aromatic heterocycles. The molecule has 0 aliphatic carbocycles. The Balaban J connectivity index is 1.89. The minimum atomic E-state index is -3.28. The van der Waals surface area contributed by atoms with Crippen molar-refractivity contribution in [1.82, 2.24) is 0 Å². The second-order valence-electron chi connectivity index (χ2n) is 6.58. The zero-order valence-electron chi connectivity index (χ0n) is 15.5. The number of carbonyl (C=O) groups excluding carboxylic acids is 1. The van der Waals surface area contributed by atoms with E-state index in [2.05, 4.69) is 0 Å². The number of rotatable bonds is 6. The molecular formula is C21H23NO4S. The normalized spacial score (nSPS) is 17.6. The lowest BCUT2D eigenvalue weighted by molar-refractivity contribution is -0.118. The molecule has 1 aliphatic rings. The maximum atomic E-state index is 13.1. The van der Waals surface area contributed by atoms with E-state index in [9.17, 15) is 13.2 Å². The van der Waals surface area contributed by atoms with Crippen LogP contribution in [0.2, 0.25) is 0 Å². The third-order valence-electron chi connectivity index (χ3n) is 4.38. The predicted molar refractivity (Wildman–Crippen MR) is 107 cm³/mol. The monoisotopic (exact) mass is 385 g/mol. The number of amides is 1. The van der Waals surface area contributed by atoms with Gasteiger partial charge in [-0.1, -0.05) is 29.8 Å². The number of nitrogens with zero attached hydrogens (tertiary/aromatic N) is 1. The van der Waals surface area contributed by atoms with Crippen molar-refractivity contribution < 1.29 is 17.9 Å². The number of ether oxygens (including phenoxy) is 1. The van der Waals surface area contributed by atoms with E-state index in [1.54, 1.807) is 35.2 Å². The van der Waals surface area contributed by atoms with Crippen LogP contribution in [-0.4, -0.2) is 32.7 Å². The molecule has 1 atom stereocenters. The summed E-state index contributed by atoms with van der Waals surface area (Å²) in [5.74, 6) is 0.471. The van der Waals surface area contributed by atoms with Crippen molar-refractivity contribution in [1.29, 1.82) is 0 Å². The lowest BCUT2D eigenvalue weighted by Gasteiger charge is -2.28. The number of sulfone groups is 1. The predicted octanol–water partition coefficient (Wildman–Crippen LogP) is 3.28. The molecule has 0 bridgehead atoms. The largest absolute Gasteiger partial charge is 0.494 e. The van der Waals surface area contributed by atoms with Crippen molar-refractivity contribution in [2.24, 2.45) is 0 Å². The molecule has 1 aliphatic heterocycles. The molecule has 2 aromatic carbocycles. The van der Waals surface area contributed by atoms with Crippen LogP contribution in [0.5, 0.6) is 5.75 Å². The Labute approximate surface area is 160 Å². The number of anilines is 1. The van der Waals surface area contributed by atoms with Gasteiger partial charge in [0.1, 0.15) is 5.75 Å². The second kappa shape index (κ2) is 7.96. The maximum Gasteiger partial charge on any atom is 0.231 e. The Morgan fingerprint density at radius 2 is 1.93 bits per heavy atom. The van der Waals surface area contributed by atoms with Crippen molar-refractivity contribution in [2.75, 3.05) is 17.3 Å². The average molecular weight is 385 g/mol. The standard InChI is InChI=1S/C21H23NO4S/c1-3-26-20-9-7-18(8-10-20)22(19-11-12-27(24,25)15-19)21(23)14-17-6-4-5-16(2)13-17/h4-13,19H,3,14-15H2,1-2H3/t19-/m1/s1. The van der Waals surface area contributed by atoms with Gasteiger partial charge in [0.05, 0.1) is 24.8 Å². The van der Waals surface area contributed by atoms with Gasteiger partial charge in [-0.2, -0.15) is 0 Å². The van der Waals surface area contributed by atoms with Crippen LogP contribution in [-0.2, 0) is 21.1 Å². The summed E-state index contributed by atoms with van der Waals surface area (Å²) in [7, 11) is -3.28. The zero-order chi connectivity index (χ0) is 19.4. The van der Waals surface area contributed by atoms with Crippen molar-refractivity contribution in [2.45, 2.75) is 26.3 Å². The van der Waals surface area contributed by atoms with Crippen LogP contribution in [0.1, 0.15) is 18.1 Å². The molecule has 3 rings (SSSR count). The van der Waals surface area contributed by atoms with Crippen LogP contribution in [0.15, 0.2) is 60.0 Å². The molecule has 27 heavy (non-hydrogen) atoms. The van der Waals surface area contributed by atoms with E-state index >= 15 is 0 Å². The number of aryl methyl sites for hydroxylation is 1. The van der Waals surface area contributed by atoms with E-state index in [1.165, 1.54) is 5.41 Å². The van der Waals surface area contributed by atoms with Gasteiger partial charge in [-0.3, -0.25) is 4.79 Å². The minimum Gasteiger partial charge on any atom is -0.494 e. The summed E-state index contributed by atoms with van der Waals surface area (Å²) in [4.78, 5) is 14.7. The fourth-order valence-electron chi connectivity index (χ4n) is 3.19. The van der Waals surface area contributed by atoms with Crippen LogP contribution in [0.4, 0.5) is 5.69 Å². The first-order valence-electron chi connectivity index (χ1n) is 8.89. The molecule has 0 unspecified atom stereocenters. The van der Waals surface area contributed by atoms with Crippen LogP contribution >= 0.6 is 0 Å². The Morgan fingerprint density at radius 3 is 2.52 bits per heavy atom. The molecule has 0 fully saturated rings. The Hall–Kier alpha value is -2.60. The van der Waals surface area contributed by atoms with Gasteiger partial charge >= 0.3 is 0 Å². The smallest absolute Gasteiger partial charge is 0.231 e. The van der Waals surface area contributed by atoms with Crippen LogP contribution in [0, 0.1) is 6.92 Å². The molecule has 0 N–H and O–H groups in total. The molecule has 2 aromatic rings. The highest BCUT2D eigenvalue weighted by Gasteiger charge is 2.31. The van der Waals surface area contributed by atoms with E-state index in [0.717, 1.165) is 11.1 Å². The molecule has 6 heteroatoms. The average Bonchev–Trinajstić information content (AvgIpc) is 2.96. The third-order valence-corrected chi connectivity index (χ3v) is 5.75.